The van der Waals surface area contributed by atoms with Gasteiger partial charge in [-0.3, -0.25) is 4.98 Å². The van der Waals surface area contributed by atoms with E-state index in [9.17, 15) is 4.39 Å². The van der Waals surface area contributed by atoms with Gasteiger partial charge in [0, 0.05) is 18.5 Å². The molecule has 0 saturated carbocycles. The van der Waals surface area contributed by atoms with E-state index in [1.54, 1.807) is 0 Å². The van der Waals surface area contributed by atoms with Crippen molar-refractivity contribution in [2.75, 3.05) is 0 Å². The van der Waals surface area contributed by atoms with E-state index >= 15 is 0 Å². The molecule has 0 bridgehead atoms. The quantitative estimate of drug-likeness (QED) is 0.841. The topological polar surface area (TPSA) is 48.1 Å². The second kappa shape index (κ2) is 5.82. The summed E-state index contributed by atoms with van der Waals surface area (Å²) in [6.45, 7) is 0.363. The van der Waals surface area contributed by atoms with Crippen LogP contribution in [0.1, 0.15) is 11.3 Å². The first-order valence-electron chi connectivity index (χ1n) is 5.50. The van der Waals surface area contributed by atoms with Gasteiger partial charge in [-0.1, -0.05) is 30.3 Å². The Morgan fingerprint density at radius 3 is 2.72 bits per heavy atom. The second-order valence-corrected chi connectivity index (χ2v) is 3.66. The van der Waals surface area contributed by atoms with Gasteiger partial charge in [-0.25, -0.2) is 4.39 Å². The largest absolute Gasteiger partial charge is 0.485 e. The number of pyridine rings is 1. The smallest absolute Gasteiger partial charge is 0.160 e. The van der Waals surface area contributed by atoms with E-state index in [0.29, 0.717) is 18.1 Å². The van der Waals surface area contributed by atoms with E-state index < -0.39 is 0 Å². The summed E-state index contributed by atoms with van der Waals surface area (Å²) >= 11 is 0. The van der Waals surface area contributed by atoms with Crippen LogP contribution in [0.3, 0.4) is 0 Å². The molecule has 2 N–H and O–H groups in total. The molecular formula is C14H13FN2O. The first-order valence-corrected chi connectivity index (χ1v) is 5.50. The maximum atomic E-state index is 13.1. The van der Waals surface area contributed by atoms with Crippen molar-refractivity contribution in [2.24, 2.45) is 5.73 Å². The molecule has 2 aromatic rings. The van der Waals surface area contributed by atoms with Crippen molar-refractivity contribution in [3.63, 3.8) is 0 Å². The highest BCUT2D eigenvalue weighted by Gasteiger charge is 2.05. The van der Waals surface area contributed by atoms with Crippen LogP contribution in [-0.2, 0) is 11.3 Å². The van der Waals surface area contributed by atoms with Gasteiger partial charge in [0.1, 0.15) is 18.1 Å². The number of aromatic nitrogens is 1. The standard InChI is InChI=1S/C14H13FN2O/c15-12-6-7-17-13(8-12)14(9-16)18-10-11-4-2-1-3-5-11/h1-9H,10,16H2/b14-9+. The minimum Gasteiger partial charge on any atom is -0.485 e. The predicted molar refractivity (Wildman–Crippen MR) is 67.6 cm³/mol. The minimum absolute atomic E-state index is 0.360. The lowest BCUT2D eigenvalue weighted by Crippen LogP contribution is -1.99. The van der Waals surface area contributed by atoms with Crippen molar-refractivity contribution in [3.05, 3.63) is 71.9 Å². The summed E-state index contributed by atoms with van der Waals surface area (Å²) in [7, 11) is 0. The summed E-state index contributed by atoms with van der Waals surface area (Å²) in [5, 5.41) is 0. The average molecular weight is 244 g/mol. The fourth-order valence-electron chi connectivity index (χ4n) is 1.48. The zero-order chi connectivity index (χ0) is 12.8. The van der Waals surface area contributed by atoms with E-state index in [0.717, 1.165) is 5.56 Å². The third-order valence-corrected chi connectivity index (χ3v) is 2.36. The van der Waals surface area contributed by atoms with Crippen molar-refractivity contribution in [2.45, 2.75) is 6.61 Å². The molecular weight excluding hydrogens is 231 g/mol. The second-order valence-electron chi connectivity index (χ2n) is 3.66. The molecule has 0 aliphatic heterocycles. The lowest BCUT2D eigenvalue weighted by Gasteiger charge is -2.09. The molecule has 1 heterocycles. The van der Waals surface area contributed by atoms with Crippen LogP contribution in [0, 0.1) is 5.82 Å². The normalized spacial score (nSPS) is 11.3. The molecule has 0 atom stereocenters. The van der Waals surface area contributed by atoms with Gasteiger partial charge in [0.05, 0.1) is 0 Å². The van der Waals surface area contributed by atoms with Crippen molar-refractivity contribution < 1.29 is 9.13 Å². The molecule has 2 rings (SSSR count). The van der Waals surface area contributed by atoms with Crippen molar-refractivity contribution in [1.82, 2.24) is 4.98 Å². The number of nitrogens with zero attached hydrogens (tertiary/aromatic N) is 1. The van der Waals surface area contributed by atoms with Gasteiger partial charge < -0.3 is 10.5 Å². The fourth-order valence-corrected chi connectivity index (χ4v) is 1.48. The summed E-state index contributed by atoms with van der Waals surface area (Å²) in [4.78, 5) is 4.01. The molecule has 0 fully saturated rings. The van der Waals surface area contributed by atoms with E-state index in [-0.39, 0.29) is 5.82 Å². The first-order chi connectivity index (χ1) is 8.79. The first kappa shape index (κ1) is 12.1. The maximum absolute atomic E-state index is 13.1. The average Bonchev–Trinajstić information content (AvgIpc) is 2.41. The molecule has 0 radical (unpaired) electrons. The highest BCUT2D eigenvalue weighted by molar-refractivity contribution is 5.55. The number of nitrogens with two attached hydrogens (primary N) is 1. The predicted octanol–water partition coefficient (Wildman–Crippen LogP) is 2.69. The van der Waals surface area contributed by atoms with Gasteiger partial charge in [-0.05, 0) is 11.6 Å². The zero-order valence-electron chi connectivity index (χ0n) is 9.71. The van der Waals surface area contributed by atoms with Crippen LogP contribution in [0.4, 0.5) is 4.39 Å². The van der Waals surface area contributed by atoms with Gasteiger partial charge in [0.2, 0.25) is 0 Å². The Balaban J connectivity index is 2.07. The van der Waals surface area contributed by atoms with Crippen LogP contribution in [0.15, 0.2) is 54.9 Å². The SMILES string of the molecule is N/C=C(/OCc1ccccc1)c1cc(F)ccn1. The Hall–Kier alpha value is -2.36. The highest BCUT2D eigenvalue weighted by atomic mass is 19.1. The molecule has 3 nitrogen and oxygen atoms in total. The molecule has 0 spiro atoms. The van der Waals surface area contributed by atoms with Gasteiger partial charge in [-0.2, -0.15) is 0 Å². The van der Waals surface area contributed by atoms with E-state index in [2.05, 4.69) is 4.98 Å². The summed E-state index contributed by atoms with van der Waals surface area (Å²) in [5.74, 6) is -0.0129. The fraction of sp³-hybridized carbons (Fsp3) is 0.0714. The lowest BCUT2D eigenvalue weighted by molar-refractivity contribution is 0.262. The molecule has 0 saturated heterocycles. The van der Waals surface area contributed by atoms with Crippen molar-refractivity contribution in [1.29, 1.82) is 0 Å². The Morgan fingerprint density at radius 1 is 1.28 bits per heavy atom. The molecule has 18 heavy (non-hydrogen) atoms. The molecule has 1 aromatic heterocycles. The molecule has 0 aliphatic carbocycles. The number of hydrogen-bond acceptors (Lipinski definition) is 3. The Labute approximate surface area is 105 Å². The minimum atomic E-state index is -0.373. The number of benzene rings is 1. The molecule has 0 amide bonds. The van der Waals surface area contributed by atoms with Crippen LogP contribution < -0.4 is 5.73 Å². The molecule has 0 unspecified atom stereocenters. The zero-order valence-corrected chi connectivity index (χ0v) is 9.71. The molecule has 4 heteroatoms. The monoisotopic (exact) mass is 244 g/mol. The van der Waals surface area contributed by atoms with Crippen molar-refractivity contribution >= 4 is 5.76 Å². The van der Waals surface area contributed by atoms with Crippen LogP contribution in [-0.4, -0.2) is 4.98 Å². The van der Waals surface area contributed by atoms with Crippen molar-refractivity contribution in [3.8, 4) is 0 Å². The Bertz CT molecular complexity index is 541. The van der Waals surface area contributed by atoms with Crippen LogP contribution >= 0.6 is 0 Å². The van der Waals surface area contributed by atoms with E-state index in [4.69, 9.17) is 10.5 Å². The van der Waals surface area contributed by atoms with E-state index in [1.165, 1.54) is 24.5 Å². The number of halogens is 1. The summed E-state index contributed by atoms with van der Waals surface area (Å²) in [6, 6.07) is 12.2. The molecule has 0 aliphatic rings. The third kappa shape index (κ3) is 3.07. The number of ether oxygens (including phenoxy) is 1. The summed E-state index contributed by atoms with van der Waals surface area (Å²) < 4.78 is 18.6. The lowest BCUT2D eigenvalue weighted by atomic mass is 10.2. The number of rotatable bonds is 4. The van der Waals surface area contributed by atoms with Crippen LogP contribution in [0.5, 0.6) is 0 Å². The van der Waals surface area contributed by atoms with E-state index in [1.807, 2.05) is 30.3 Å². The van der Waals surface area contributed by atoms with Crippen LogP contribution in [0.2, 0.25) is 0 Å². The number of hydrogen-bond donors (Lipinski definition) is 1. The molecule has 92 valence electrons. The summed E-state index contributed by atoms with van der Waals surface area (Å²) in [5.41, 5.74) is 6.86. The third-order valence-electron chi connectivity index (χ3n) is 2.36. The Morgan fingerprint density at radius 2 is 2.06 bits per heavy atom. The summed E-state index contributed by atoms with van der Waals surface area (Å²) in [6.07, 6.45) is 2.66. The van der Waals surface area contributed by atoms with Gasteiger partial charge in [-0.15, -0.1) is 0 Å². The van der Waals surface area contributed by atoms with Crippen LogP contribution in [0.25, 0.3) is 5.76 Å². The van der Waals surface area contributed by atoms with Gasteiger partial charge in [0.15, 0.2) is 5.76 Å². The Kier molecular flexibility index (Phi) is 3.91. The van der Waals surface area contributed by atoms with Gasteiger partial charge in [0.25, 0.3) is 0 Å². The maximum Gasteiger partial charge on any atom is 0.160 e. The van der Waals surface area contributed by atoms with Gasteiger partial charge >= 0.3 is 0 Å². The highest BCUT2D eigenvalue weighted by Crippen LogP contribution is 2.15. The molecule has 1 aromatic carbocycles.